The standard InChI is InChI=1S/C20H26FN5O2S/c1-24-8-10-25(11-9-24)18(27)14-29-20-23-22-19(15-4-6-16(21)7-5-15)26(20)13-17-3-2-12-28-17/h4-7,17H,2-3,8-14H2,1H3. The molecule has 1 atom stereocenters. The van der Waals surface area contributed by atoms with E-state index in [-0.39, 0.29) is 17.8 Å². The van der Waals surface area contributed by atoms with Crippen LogP contribution in [0.5, 0.6) is 0 Å². The van der Waals surface area contributed by atoms with Crippen molar-refractivity contribution in [1.29, 1.82) is 0 Å². The van der Waals surface area contributed by atoms with Crippen LogP contribution in [-0.4, -0.2) is 82.2 Å². The molecule has 4 rings (SSSR count). The Bertz CT molecular complexity index is 830. The first kappa shape index (κ1) is 20.3. The number of thioether (sulfide) groups is 1. The fraction of sp³-hybridized carbons (Fsp3) is 0.550. The van der Waals surface area contributed by atoms with Gasteiger partial charge in [0.1, 0.15) is 5.82 Å². The van der Waals surface area contributed by atoms with Crippen LogP contribution in [0.4, 0.5) is 4.39 Å². The Labute approximate surface area is 174 Å². The molecular weight excluding hydrogens is 393 g/mol. The van der Waals surface area contributed by atoms with Crippen molar-refractivity contribution < 1.29 is 13.9 Å². The Hall–Kier alpha value is -1.97. The summed E-state index contributed by atoms with van der Waals surface area (Å²) >= 11 is 1.41. The summed E-state index contributed by atoms with van der Waals surface area (Å²) in [7, 11) is 2.07. The number of benzene rings is 1. The van der Waals surface area contributed by atoms with Crippen molar-refractivity contribution in [3.63, 3.8) is 0 Å². The van der Waals surface area contributed by atoms with E-state index < -0.39 is 0 Å². The molecule has 7 nitrogen and oxygen atoms in total. The van der Waals surface area contributed by atoms with Crippen molar-refractivity contribution in [3.8, 4) is 11.4 Å². The van der Waals surface area contributed by atoms with Crippen LogP contribution in [-0.2, 0) is 16.1 Å². The molecule has 0 saturated carbocycles. The van der Waals surface area contributed by atoms with Crippen LogP contribution in [0.25, 0.3) is 11.4 Å². The Kier molecular flexibility index (Phi) is 6.46. The van der Waals surface area contributed by atoms with Crippen molar-refractivity contribution in [2.75, 3.05) is 45.6 Å². The highest BCUT2D eigenvalue weighted by Crippen LogP contribution is 2.27. The van der Waals surface area contributed by atoms with Gasteiger partial charge >= 0.3 is 0 Å². The lowest BCUT2D eigenvalue weighted by Crippen LogP contribution is -2.47. The minimum Gasteiger partial charge on any atom is -0.376 e. The van der Waals surface area contributed by atoms with Crippen LogP contribution < -0.4 is 0 Å². The predicted octanol–water partition coefficient (Wildman–Crippen LogP) is 2.13. The molecule has 1 aromatic carbocycles. The third kappa shape index (κ3) is 4.96. The van der Waals surface area contributed by atoms with Crippen molar-refractivity contribution >= 4 is 17.7 Å². The summed E-state index contributed by atoms with van der Waals surface area (Å²) < 4.78 is 21.1. The minimum atomic E-state index is -0.286. The summed E-state index contributed by atoms with van der Waals surface area (Å²) in [6.45, 7) is 4.73. The second kappa shape index (κ2) is 9.23. The molecule has 3 heterocycles. The Morgan fingerprint density at radius 2 is 1.97 bits per heavy atom. The van der Waals surface area contributed by atoms with Crippen LogP contribution in [0.2, 0.25) is 0 Å². The lowest BCUT2D eigenvalue weighted by Gasteiger charge is -2.32. The van der Waals surface area contributed by atoms with Gasteiger partial charge in [-0.1, -0.05) is 11.8 Å². The first-order chi connectivity index (χ1) is 14.1. The zero-order valence-corrected chi connectivity index (χ0v) is 17.4. The Balaban J connectivity index is 1.49. The number of likely N-dealkylation sites (N-methyl/N-ethyl adjacent to an activating group) is 1. The van der Waals surface area contributed by atoms with Gasteiger partial charge in [0, 0.05) is 38.3 Å². The van der Waals surface area contributed by atoms with Crippen LogP contribution >= 0.6 is 11.8 Å². The van der Waals surface area contributed by atoms with Crippen molar-refractivity contribution in [1.82, 2.24) is 24.6 Å². The predicted molar refractivity (Wildman–Crippen MR) is 109 cm³/mol. The molecule has 1 unspecified atom stereocenters. The van der Waals surface area contributed by atoms with E-state index in [0.717, 1.165) is 51.2 Å². The van der Waals surface area contributed by atoms with Gasteiger partial charge in [-0.15, -0.1) is 10.2 Å². The van der Waals surface area contributed by atoms with Crippen LogP contribution in [0.3, 0.4) is 0 Å². The number of ether oxygens (including phenoxy) is 1. The Morgan fingerprint density at radius 1 is 1.21 bits per heavy atom. The third-order valence-corrected chi connectivity index (χ3v) is 6.36. The lowest BCUT2D eigenvalue weighted by molar-refractivity contribution is -0.129. The molecule has 29 heavy (non-hydrogen) atoms. The number of halogens is 1. The fourth-order valence-corrected chi connectivity index (χ4v) is 4.49. The van der Waals surface area contributed by atoms with E-state index in [1.54, 1.807) is 12.1 Å². The second-order valence-corrected chi connectivity index (χ2v) is 8.47. The van der Waals surface area contributed by atoms with Crippen molar-refractivity contribution in [2.24, 2.45) is 0 Å². The molecule has 0 N–H and O–H groups in total. The second-order valence-electron chi connectivity index (χ2n) is 7.53. The molecule has 0 bridgehead atoms. The van der Waals surface area contributed by atoms with E-state index in [4.69, 9.17) is 4.74 Å². The topological polar surface area (TPSA) is 63.5 Å². The molecule has 1 aromatic heterocycles. The average molecular weight is 420 g/mol. The molecule has 0 spiro atoms. The molecular formula is C20H26FN5O2S. The number of aromatic nitrogens is 3. The quantitative estimate of drug-likeness (QED) is 0.669. The van der Waals surface area contributed by atoms with E-state index >= 15 is 0 Å². The number of hydrogen-bond donors (Lipinski definition) is 0. The third-order valence-electron chi connectivity index (χ3n) is 5.41. The molecule has 1 amide bonds. The number of amides is 1. The van der Waals surface area contributed by atoms with Gasteiger partial charge in [0.15, 0.2) is 11.0 Å². The molecule has 2 aromatic rings. The number of piperazine rings is 1. The summed E-state index contributed by atoms with van der Waals surface area (Å²) in [6, 6.07) is 6.25. The molecule has 9 heteroatoms. The molecule has 2 aliphatic rings. The summed E-state index contributed by atoms with van der Waals surface area (Å²) in [5.74, 6) is 0.844. The summed E-state index contributed by atoms with van der Waals surface area (Å²) in [4.78, 5) is 16.7. The molecule has 2 aliphatic heterocycles. The zero-order chi connectivity index (χ0) is 20.2. The summed E-state index contributed by atoms with van der Waals surface area (Å²) in [5.41, 5.74) is 0.800. The van der Waals surface area contributed by atoms with Gasteiger partial charge in [0.2, 0.25) is 5.91 Å². The fourth-order valence-electron chi connectivity index (χ4n) is 3.64. The van der Waals surface area contributed by atoms with Gasteiger partial charge < -0.3 is 14.5 Å². The van der Waals surface area contributed by atoms with Gasteiger partial charge in [-0.2, -0.15) is 0 Å². The highest BCUT2D eigenvalue weighted by Gasteiger charge is 2.24. The smallest absolute Gasteiger partial charge is 0.233 e. The van der Waals surface area contributed by atoms with Crippen LogP contribution in [0.1, 0.15) is 12.8 Å². The number of carbonyl (C=O) groups excluding carboxylic acids is 1. The molecule has 0 radical (unpaired) electrons. The highest BCUT2D eigenvalue weighted by atomic mass is 32.2. The molecule has 2 saturated heterocycles. The molecule has 0 aliphatic carbocycles. The van der Waals surface area contributed by atoms with Crippen molar-refractivity contribution in [2.45, 2.75) is 30.6 Å². The summed E-state index contributed by atoms with van der Waals surface area (Å²) in [6.07, 6.45) is 2.15. The van der Waals surface area contributed by atoms with E-state index in [0.29, 0.717) is 23.3 Å². The van der Waals surface area contributed by atoms with Crippen LogP contribution in [0, 0.1) is 5.82 Å². The first-order valence-electron chi connectivity index (χ1n) is 10.00. The highest BCUT2D eigenvalue weighted by molar-refractivity contribution is 7.99. The van der Waals surface area contributed by atoms with Gasteiger partial charge in [-0.25, -0.2) is 4.39 Å². The first-order valence-corrected chi connectivity index (χ1v) is 11.0. The van der Waals surface area contributed by atoms with Gasteiger partial charge in [-0.3, -0.25) is 9.36 Å². The zero-order valence-electron chi connectivity index (χ0n) is 16.6. The summed E-state index contributed by atoms with van der Waals surface area (Å²) in [5, 5.41) is 9.37. The molecule has 156 valence electrons. The van der Waals surface area contributed by atoms with Gasteiger partial charge in [0.25, 0.3) is 0 Å². The normalized spacial score (nSPS) is 20.3. The van der Waals surface area contributed by atoms with Gasteiger partial charge in [-0.05, 0) is 44.2 Å². The maximum Gasteiger partial charge on any atom is 0.233 e. The number of nitrogens with zero attached hydrogens (tertiary/aromatic N) is 5. The SMILES string of the molecule is CN1CCN(C(=O)CSc2nnc(-c3ccc(F)cc3)n2CC2CCCO2)CC1. The lowest BCUT2D eigenvalue weighted by atomic mass is 10.2. The van der Waals surface area contributed by atoms with E-state index in [1.165, 1.54) is 23.9 Å². The Morgan fingerprint density at radius 3 is 2.66 bits per heavy atom. The maximum atomic E-state index is 13.3. The number of rotatable bonds is 6. The average Bonchev–Trinajstić information content (AvgIpc) is 3.38. The largest absolute Gasteiger partial charge is 0.376 e. The van der Waals surface area contributed by atoms with Crippen LogP contribution in [0.15, 0.2) is 29.4 Å². The number of hydrogen-bond acceptors (Lipinski definition) is 6. The molecule has 2 fully saturated rings. The van der Waals surface area contributed by atoms with E-state index in [2.05, 4.69) is 22.1 Å². The van der Waals surface area contributed by atoms with E-state index in [1.807, 2.05) is 9.47 Å². The maximum absolute atomic E-state index is 13.3. The van der Waals surface area contributed by atoms with Gasteiger partial charge in [0.05, 0.1) is 18.4 Å². The van der Waals surface area contributed by atoms with E-state index in [9.17, 15) is 9.18 Å². The van der Waals surface area contributed by atoms with Crippen molar-refractivity contribution in [3.05, 3.63) is 30.1 Å². The minimum absolute atomic E-state index is 0.109. The number of carbonyl (C=O) groups is 1. The monoisotopic (exact) mass is 419 g/mol.